The number of aromatic nitrogens is 2. The molecule has 152 valence electrons. The third kappa shape index (κ3) is 6.33. The number of anilines is 1. The highest BCUT2D eigenvalue weighted by Gasteiger charge is 2.17. The molecular formula is C20H29N5O3. The Morgan fingerprint density at radius 3 is 2.75 bits per heavy atom. The molecule has 0 aliphatic carbocycles. The summed E-state index contributed by atoms with van der Waals surface area (Å²) in [6.45, 7) is 6.84. The van der Waals surface area contributed by atoms with E-state index in [4.69, 9.17) is 14.2 Å². The summed E-state index contributed by atoms with van der Waals surface area (Å²) in [5.41, 5.74) is 1.17. The number of rotatable bonds is 11. The molecule has 1 saturated heterocycles. The summed E-state index contributed by atoms with van der Waals surface area (Å²) in [6, 6.07) is 8.05. The number of hydrogen-bond donors (Lipinski definition) is 2. The molecule has 8 heteroatoms. The van der Waals surface area contributed by atoms with Crippen molar-refractivity contribution >= 4 is 5.82 Å². The summed E-state index contributed by atoms with van der Waals surface area (Å²) in [5.74, 6) is 2.19. The van der Waals surface area contributed by atoms with Gasteiger partial charge in [-0.2, -0.15) is 0 Å². The Kier molecular flexibility index (Phi) is 8.29. The molecule has 1 fully saturated rings. The molecule has 1 aromatic heterocycles. The predicted molar refractivity (Wildman–Crippen MR) is 108 cm³/mol. The fourth-order valence-corrected chi connectivity index (χ4v) is 2.96. The van der Waals surface area contributed by atoms with Crippen molar-refractivity contribution in [2.45, 2.75) is 6.54 Å². The molecule has 0 unspecified atom stereocenters. The molecule has 8 nitrogen and oxygen atoms in total. The lowest BCUT2D eigenvalue weighted by molar-refractivity contribution is 0.199. The van der Waals surface area contributed by atoms with Gasteiger partial charge in [-0.15, -0.1) is 0 Å². The molecule has 28 heavy (non-hydrogen) atoms. The van der Waals surface area contributed by atoms with Gasteiger partial charge in [0.05, 0.1) is 6.61 Å². The van der Waals surface area contributed by atoms with Gasteiger partial charge in [0.2, 0.25) is 0 Å². The number of ether oxygens (including phenoxy) is 3. The average molecular weight is 387 g/mol. The van der Waals surface area contributed by atoms with Crippen molar-refractivity contribution < 1.29 is 14.2 Å². The van der Waals surface area contributed by atoms with E-state index in [2.05, 4.69) is 31.6 Å². The molecule has 0 radical (unpaired) electrons. The van der Waals surface area contributed by atoms with Crippen LogP contribution < -0.4 is 25.0 Å². The number of methoxy groups -OCH3 is 1. The second kappa shape index (κ2) is 11.4. The Labute approximate surface area is 166 Å². The maximum Gasteiger partial charge on any atom is 0.257 e. The molecule has 0 spiro atoms. The van der Waals surface area contributed by atoms with Gasteiger partial charge in [-0.1, -0.05) is 12.1 Å². The van der Waals surface area contributed by atoms with Crippen LogP contribution in [0.3, 0.4) is 0 Å². The minimum Gasteiger partial charge on any atom is -0.490 e. The first-order valence-electron chi connectivity index (χ1n) is 9.67. The van der Waals surface area contributed by atoms with Gasteiger partial charge in [-0.25, -0.2) is 9.97 Å². The smallest absolute Gasteiger partial charge is 0.257 e. The van der Waals surface area contributed by atoms with Crippen molar-refractivity contribution in [3.63, 3.8) is 0 Å². The van der Waals surface area contributed by atoms with Gasteiger partial charge < -0.3 is 29.7 Å². The lowest BCUT2D eigenvalue weighted by Gasteiger charge is -2.28. The van der Waals surface area contributed by atoms with E-state index in [1.54, 1.807) is 19.5 Å². The van der Waals surface area contributed by atoms with Gasteiger partial charge >= 0.3 is 0 Å². The van der Waals surface area contributed by atoms with E-state index in [9.17, 15) is 0 Å². The van der Waals surface area contributed by atoms with E-state index in [0.717, 1.165) is 50.8 Å². The van der Waals surface area contributed by atoms with Crippen molar-refractivity contribution in [2.75, 3.05) is 64.6 Å². The molecule has 1 aliphatic rings. The molecule has 0 amide bonds. The van der Waals surface area contributed by atoms with Crippen LogP contribution in [0.15, 0.2) is 36.7 Å². The SMILES string of the molecule is COCCNCc1cccc(OCCOc2nccnc2N2CCNCC2)c1. The van der Waals surface area contributed by atoms with Gasteiger partial charge in [-0.3, -0.25) is 0 Å². The molecule has 1 aliphatic heterocycles. The Morgan fingerprint density at radius 1 is 1.07 bits per heavy atom. The normalized spacial score (nSPS) is 14.1. The largest absolute Gasteiger partial charge is 0.490 e. The predicted octanol–water partition coefficient (Wildman–Crippen LogP) is 1.08. The van der Waals surface area contributed by atoms with E-state index < -0.39 is 0 Å². The molecular weight excluding hydrogens is 358 g/mol. The second-order valence-corrected chi connectivity index (χ2v) is 6.44. The summed E-state index contributed by atoms with van der Waals surface area (Å²) in [5, 5.41) is 6.66. The van der Waals surface area contributed by atoms with Crippen LogP contribution in [0, 0.1) is 0 Å². The van der Waals surface area contributed by atoms with Gasteiger partial charge in [0.1, 0.15) is 19.0 Å². The van der Waals surface area contributed by atoms with Gasteiger partial charge in [0, 0.05) is 58.8 Å². The van der Waals surface area contributed by atoms with Crippen LogP contribution >= 0.6 is 0 Å². The molecule has 0 atom stereocenters. The monoisotopic (exact) mass is 387 g/mol. The molecule has 2 aromatic rings. The van der Waals surface area contributed by atoms with Crippen molar-refractivity contribution in [1.82, 2.24) is 20.6 Å². The summed E-state index contributed by atoms with van der Waals surface area (Å²) in [4.78, 5) is 11.0. The fourth-order valence-electron chi connectivity index (χ4n) is 2.96. The Morgan fingerprint density at radius 2 is 1.89 bits per heavy atom. The van der Waals surface area contributed by atoms with Crippen LogP contribution in [0.1, 0.15) is 5.56 Å². The van der Waals surface area contributed by atoms with Crippen LogP contribution in [-0.2, 0) is 11.3 Å². The van der Waals surface area contributed by atoms with Gasteiger partial charge in [0.15, 0.2) is 5.82 Å². The minimum atomic E-state index is 0.411. The zero-order valence-corrected chi connectivity index (χ0v) is 16.4. The van der Waals surface area contributed by atoms with E-state index in [1.807, 2.05) is 18.2 Å². The van der Waals surface area contributed by atoms with Crippen molar-refractivity contribution in [3.8, 4) is 11.6 Å². The van der Waals surface area contributed by atoms with E-state index in [1.165, 1.54) is 5.56 Å². The Hall–Kier alpha value is -2.42. The molecule has 3 rings (SSSR count). The standard InChI is InChI=1S/C20H29N5O3/c1-26-12-9-22-16-17-3-2-4-18(15-17)27-13-14-28-20-19(23-5-6-24-20)25-10-7-21-8-11-25/h2-6,15,21-22H,7-14,16H2,1H3. The van der Waals surface area contributed by atoms with Crippen molar-refractivity contribution in [2.24, 2.45) is 0 Å². The van der Waals surface area contributed by atoms with Crippen LogP contribution in [0.4, 0.5) is 5.82 Å². The Balaban J connectivity index is 1.45. The molecule has 1 aromatic carbocycles. The third-order valence-corrected chi connectivity index (χ3v) is 4.36. The van der Waals surface area contributed by atoms with Crippen molar-refractivity contribution in [1.29, 1.82) is 0 Å². The van der Waals surface area contributed by atoms with Crippen LogP contribution in [0.5, 0.6) is 11.6 Å². The molecule has 2 N–H and O–H groups in total. The fraction of sp³-hybridized carbons (Fsp3) is 0.500. The average Bonchev–Trinajstić information content (AvgIpc) is 2.76. The van der Waals surface area contributed by atoms with E-state index in [-0.39, 0.29) is 0 Å². The lowest BCUT2D eigenvalue weighted by Crippen LogP contribution is -2.44. The van der Waals surface area contributed by atoms with Crippen LogP contribution in [-0.4, -0.2) is 69.6 Å². The zero-order chi connectivity index (χ0) is 19.4. The highest BCUT2D eigenvalue weighted by atomic mass is 16.5. The highest BCUT2D eigenvalue weighted by molar-refractivity contribution is 5.48. The quantitative estimate of drug-likeness (QED) is 0.555. The number of benzene rings is 1. The molecule has 2 heterocycles. The van der Waals surface area contributed by atoms with Crippen molar-refractivity contribution in [3.05, 3.63) is 42.2 Å². The Bertz CT molecular complexity index is 710. The van der Waals surface area contributed by atoms with Gasteiger partial charge in [0.25, 0.3) is 5.88 Å². The number of nitrogens with one attached hydrogen (secondary N) is 2. The first-order valence-corrected chi connectivity index (χ1v) is 9.67. The minimum absolute atomic E-state index is 0.411. The number of piperazine rings is 1. The molecule has 0 bridgehead atoms. The summed E-state index contributed by atoms with van der Waals surface area (Å²) in [7, 11) is 1.70. The highest BCUT2D eigenvalue weighted by Crippen LogP contribution is 2.22. The summed E-state index contributed by atoms with van der Waals surface area (Å²) in [6.07, 6.45) is 3.36. The lowest BCUT2D eigenvalue weighted by atomic mass is 10.2. The summed E-state index contributed by atoms with van der Waals surface area (Å²) >= 11 is 0. The van der Waals surface area contributed by atoms with Crippen LogP contribution in [0.2, 0.25) is 0 Å². The number of hydrogen-bond acceptors (Lipinski definition) is 8. The number of nitrogens with zero attached hydrogens (tertiary/aromatic N) is 3. The third-order valence-electron chi connectivity index (χ3n) is 4.36. The maximum absolute atomic E-state index is 5.85. The van der Waals surface area contributed by atoms with Crippen LogP contribution in [0.25, 0.3) is 0 Å². The maximum atomic E-state index is 5.85. The zero-order valence-electron chi connectivity index (χ0n) is 16.4. The topological polar surface area (TPSA) is 80.8 Å². The molecule has 0 saturated carbocycles. The van der Waals surface area contributed by atoms with E-state index in [0.29, 0.717) is 25.7 Å². The van der Waals surface area contributed by atoms with E-state index >= 15 is 0 Å². The summed E-state index contributed by atoms with van der Waals surface area (Å²) < 4.78 is 16.7. The first kappa shape index (κ1) is 20.3. The van der Waals surface area contributed by atoms with Gasteiger partial charge in [-0.05, 0) is 17.7 Å². The first-order chi connectivity index (χ1) is 13.9. The second-order valence-electron chi connectivity index (χ2n) is 6.44.